The molecule has 0 spiro atoms. The Hall–Kier alpha value is -1.28. The van der Waals surface area contributed by atoms with E-state index in [4.69, 9.17) is 4.74 Å². The summed E-state index contributed by atoms with van der Waals surface area (Å²) in [4.78, 5) is 0. The smallest absolute Gasteiger partial charge is 0.119 e. The number of nitrogens with one attached hydrogen (secondary N) is 1. The normalized spacial score (nSPS) is 14.2. The van der Waals surface area contributed by atoms with Gasteiger partial charge in [0.25, 0.3) is 0 Å². The third-order valence-corrected chi connectivity index (χ3v) is 3.09. The first-order valence-corrected chi connectivity index (χ1v) is 7.16. The molecule has 0 fully saturated rings. The van der Waals surface area contributed by atoms with Gasteiger partial charge in [0.05, 0.1) is 6.10 Å². The molecule has 2 atom stereocenters. The van der Waals surface area contributed by atoms with E-state index in [9.17, 15) is 0 Å². The standard InChI is InChI=1S/C17H27NO/c1-6-7-8-14(4)18-15(5)16-9-11-17(12-10-16)19-13(2)3/h6,9-15,18H,1,7-8H2,2-5H3. The first-order chi connectivity index (χ1) is 9.02. The maximum absolute atomic E-state index is 5.65. The molecule has 0 aliphatic carbocycles. The Morgan fingerprint density at radius 3 is 2.32 bits per heavy atom. The maximum Gasteiger partial charge on any atom is 0.119 e. The van der Waals surface area contributed by atoms with E-state index in [-0.39, 0.29) is 6.10 Å². The van der Waals surface area contributed by atoms with Gasteiger partial charge in [0.2, 0.25) is 0 Å². The third kappa shape index (κ3) is 5.93. The minimum Gasteiger partial charge on any atom is -0.491 e. The van der Waals surface area contributed by atoms with Crippen molar-refractivity contribution in [3.63, 3.8) is 0 Å². The molecule has 1 aromatic rings. The Morgan fingerprint density at radius 1 is 1.16 bits per heavy atom. The molecule has 0 saturated carbocycles. The molecule has 2 nitrogen and oxygen atoms in total. The van der Waals surface area contributed by atoms with Crippen molar-refractivity contribution in [1.29, 1.82) is 0 Å². The van der Waals surface area contributed by atoms with Crippen LogP contribution in [0.4, 0.5) is 0 Å². The number of ether oxygens (including phenoxy) is 1. The summed E-state index contributed by atoms with van der Waals surface area (Å²) in [6.45, 7) is 12.3. The number of hydrogen-bond acceptors (Lipinski definition) is 2. The van der Waals surface area contributed by atoms with Crippen LogP contribution in [0.3, 0.4) is 0 Å². The summed E-state index contributed by atoms with van der Waals surface area (Å²) in [5, 5.41) is 3.60. The van der Waals surface area contributed by atoms with Crippen LogP contribution in [0.2, 0.25) is 0 Å². The van der Waals surface area contributed by atoms with E-state index < -0.39 is 0 Å². The lowest BCUT2D eigenvalue weighted by molar-refractivity contribution is 0.242. The van der Waals surface area contributed by atoms with E-state index in [1.165, 1.54) is 5.56 Å². The van der Waals surface area contributed by atoms with Gasteiger partial charge in [-0.25, -0.2) is 0 Å². The molecule has 0 amide bonds. The Labute approximate surface area is 117 Å². The lowest BCUT2D eigenvalue weighted by atomic mass is 10.1. The zero-order chi connectivity index (χ0) is 14.3. The molecule has 106 valence electrons. The summed E-state index contributed by atoms with van der Waals surface area (Å²) in [5.74, 6) is 0.936. The van der Waals surface area contributed by atoms with E-state index in [1.54, 1.807) is 0 Å². The highest BCUT2D eigenvalue weighted by Crippen LogP contribution is 2.19. The zero-order valence-electron chi connectivity index (χ0n) is 12.6. The first-order valence-electron chi connectivity index (χ1n) is 7.16. The third-order valence-electron chi connectivity index (χ3n) is 3.09. The number of hydrogen-bond donors (Lipinski definition) is 1. The fourth-order valence-corrected chi connectivity index (χ4v) is 2.08. The summed E-state index contributed by atoms with van der Waals surface area (Å²) in [7, 11) is 0. The van der Waals surface area contributed by atoms with Gasteiger partial charge in [-0.1, -0.05) is 18.2 Å². The zero-order valence-corrected chi connectivity index (χ0v) is 12.6. The van der Waals surface area contributed by atoms with Gasteiger partial charge in [-0.3, -0.25) is 0 Å². The van der Waals surface area contributed by atoms with Crippen molar-refractivity contribution < 1.29 is 4.74 Å². The predicted octanol–water partition coefficient (Wildman–Crippen LogP) is 4.48. The summed E-state index contributed by atoms with van der Waals surface area (Å²) < 4.78 is 5.65. The van der Waals surface area contributed by atoms with Crippen LogP contribution in [0.15, 0.2) is 36.9 Å². The molecule has 0 aliphatic heterocycles. The molecule has 0 aromatic heterocycles. The second-order valence-corrected chi connectivity index (χ2v) is 5.39. The Balaban J connectivity index is 2.52. The van der Waals surface area contributed by atoms with Crippen LogP contribution in [0.1, 0.15) is 52.1 Å². The molecule has 0 aliphatic rings. The van der Waals surface area contributed by atoms with E-state index in [0.29, 0.717) is 12.1 Å². The second kappa shape index (κ2) is 8.00. The largest absolute Gasteiger partial charge is 0.491 e. The average molecular weight is 261 g/mol. The molecular weight excluding hydrogens is 234 g/mol. The Kier molecular flexibility index (Phi) is 6.65. The molecule has 0 bridgehead atoms. The molecule has 2 unspecified atom stereocenters. The van der Waals surface area contributed by atoms with Crippen molar-refractivity contribution in [2.24, 2.45) is 0 Å². The van der Waals surface area contributed by atoms with Crippen LogP contribution < -0.4 is 10.1 Å². The van der Waals surface area contributed by atoms with Crippen molar-refractivity contribution in [3.8, 4) is 5.75 Å². The SMILES string of the molecule is C=CCCC(C)NC(C)c1ccc(OC(C)C)cc1. The topological polar surface area (TPSA) is 21.3 Å². The molecule has 0 saturated heterocycles. The highest BCUT2D eigenvalue weighted by Gasteiger charge is 2.09. The molecule has 1 rings (SSSR count). The van der Waals surface area contributed by atoms with E-state index >= 15 is 0 Å². The number of benzene rings is 1. The van der Waals surface area contributed by atoms with Crippen LogP contribution in [-0.2, 0) is 0 Å². The molecular formula is C17H27NO. The molecule has 0 heterocycles. The summed E-state index contributed by atoms with van der Waals surface area (Å²) in [5.41, 5.74) is 1.29. The van der Waals surface area contributed by atoms with Gasteiger partial charge in [-0.15, -0.1) is 6.58 Å². The van der Waals surface area contributed by atoms with Gasteiger partial charge in [0.1, 0.15) is 5.75 Å². The molecule has 1 N–H and O–H groups in total. The van der Waals surface area contributed by atoms with Crippen LogP contribution in [0, 0.1) is 0 Å². The van der Waals surface area contributed by atoms with Gasteiger partial charge in [0.15, 0.2) is 0 Å². The van der Waals surface area contributed by atoms with Crippen molar-refractivity contribution >= 4 is 0 Å². The monoisotopic (exact) mass is 261 g/mol. The van der Waals surface area contributed by atoms with E-state index in [0.717, 1.165) is 18.6 Å². The van der Waals surface area contributed by atoms with Crippen molar-refractivity contribution in [2.45, 2.75) is 58.7 Å². The lowest BCUT2D eigenvalue weighted by Gasteiger charge is -2.20. The first kappa shape index (κ1) is 15.8. The highest BCUT2D eigenvalue weighted by molar-refractivity contribution is 5.29. The maximum atomic E-state index is 5.65. The Bertz CT molecular complexity index is 369. The van der Waals surface area contributed by atoms with E-state index in [2.05, 4.69) is 37.9 Å². The Morgan fingerprint density at radius 2 is 1.79 bits per heavy atom. The molecule has 1 aromatic carbocycles. The fraction of sp³-hybridized carbons (Fsp3) is 0.529. The van der Waals surface area contributed by atoms with Crippen molar-refractivity contribution in [2.75, 3.05) is 0 Å². The van der Waals surface area contributed by atoms with Crippen molar-refractivity contribution in [3.05, 3.63) is 42.5 Å². The van der Waals surface area contributed by atoms with Crippen LogP contribution in [-0.4, -0.2) is 12.1 Å². The quantitative estimate of drug-likeness (QED) is 0.697. The predicted molar refractivity (Wildman–Crippen MR) is 82.6 cm³/mol. The number of rotatable bonds is 8. The highest BCUT2D eigenvalue weighted by atomic mass is 16.5. The van der Waals surface area contributed by atoms with E-state index in [1.807, 2.05) is 32.1 Å². The van der Waals surface area contributed by atoms with Gasteiger partial charge in [0, 0.05) is 12.1 Å². The van der Waals surface area contributed by atoms with Gasteiger partial charge >= 0.3 is 0 Å². The fourth-order valence-electron chi connectivity index (χ4n) is 2.08. The van der Waals surface area contributed by atoms with Gasteiger partial charge in [-0.2, -0.15) is 0 Å². The van der Waals surface area contributed by atoms with Gasteiger partial charge in [-0.05, 0) is 58.2 Å². The second-order valence-electron chi connectivity index (χ2n) is 5.39. The van der Waals surface area contributed by atoms with Crippen LogP contribution in [0.25, 0.3) is 0 Å². The molecule has 0 radical (unpaired) electrons. The van der Waals surface area contributed by atoms with Gasteiger partial charge < -0.3 is 10.1 Å². The summed E-state index contributed by atoms with van der Waals surface area (Å²) in [6.07, 6.45) is 4.38. The summed E-state index contributed by atoms with van der Waals surface area (Å²) in [6, 6.07) is 9.21. The minimum atomic E-state index is 0.223. The van der Waals surface area contributed by atoms with Crippen LogP contribution >= 0.6 is 0 Å². The van der Waals surface area contributed by atoms with Crippen molar-refractivity contribution in [1.82, 2.24) is 5.32 Å². The molecule has 2 heteroatoms. The van der Waals surface area contributed by atoms with Crippen LogP contribution in [0.5, 0.6) is 5.75 Å². The minimum absolute atomic E-state index is 0.223. The molecule has 19 heavy (non-hydrogen) atoms. The lowest BCUT2D eigenvalue weighted by Crippen LogP contribution is -2.28. The number of allylic oxidation sites excluding steroid dienone is 1. The summed E-state index contributed by atoms with van der Waals surface area (Å²) >= 11 is 0. The average Bonchev–Trinajstić information content (AvgIpc) is 2.36.